The molecule has 0 fully saturated rings. The molecular formula is C17H20N2O2. The highest BCUT2D eigenvalue weighted by Gasteiger charge is 2.09. The lowest BCUT2D eigenvalue weighted by Crippen LogP contribution is -2.14. The zero-order valence-corrected chi connectivity index (χ0v) is 12.5. The van der Waals surface area contributed by atoms with Gasteiger partial charge in [-0.2, -0.15) is 0 Å². The molecule has 0 saturated heterocycles. The van der Waals surface area contributed by atoms with Crippen molar-refractivity contribution in [3.63, 3.8) is 0 Å². The van der Waals surface area contributed by atoms with Crippen LogP contribution in [0, 0.1) is 6.92 Å². The number of amides is 1. The Morgan fingerprint density at radius 1 is 1.19 bits per heavy atom. The van der Waals surface area contributed by atoms with Crippen molar-refractivity contribution >= 4 is 11.6 Å². The molecule has 0 aliphatic rings. The standard InChI is InChI=1S/C17H20N2O2/c1-11-7-8-14(10-16(11)20)17(21)19-15-6-4-5-13(9-15)12(2)18-3/h4-10,12,18,20H,1-3H3,(H,19,21). The molecule has 2 aromatic carbocycles. The highest BCUT2D eigenvalue weighted by atomic mass is 16.3. The highest BCUT2D eigenvalue weighted by molar-refractivity contribution is 6.04. The second-order valence-electron chi connectivity index (χ2n) is 5.09. The summed E-state index contributed by atoms with van der Waals surface area (Å²) < 4.78 is 0. The third kappa shape index (κ3) is 3.61. The second kappa shape index (κ2) is 6.41. The normalized spacial score (nSPS) is 12.0. The first-order valence-electron chi connectivity index (χ1n) is 6.89. The molecule has 0 bridgehead atoms. The summed E-state index contributed by atoms with van der Waals surface area (Å²) >= 11 is 0. The zero-order valence-electron chi connectivity index (χ0n) is 12.5. The number of rotatable bonds is 4. The van der Waals surface area contributed by atoms with Gasteiger partial charge in [0, 0.05) is 17.3 Å². The molecule has 2 aromatic rings. The lowest BCUT2D eigenvalue weighted by atomic mass is 10.1. The Bertz CT molecular complexity index is 653. The second-order valence-corrected chi connectivity index (χ2v) is 5.09. The first-order chi connectivity index (χ1) is 10.0. The molecule has 0 aliphatic heterocycles. The van der Waals surface area contributed by atoms with Crippen LogP contribution in [0.2, 0.25) is 0 Å². The number of hydrogen-bond donors (Lipinski definition) is 3. The van der Waals surface area contributed by atoms with Crippen LogP contribution >= 0.6 is 0 Å². The summed E-state index contributed by atoms with van der Waals surface area (Å²) in [4.78, 5) is 12.2. The van der Waals surface area contributed by atoms with Crippen LogP contribution in [-0.2, 0) is 0 Å². The zero-order chi connectivity index (χ0) is 15.4. The van der Waals surface area contributed by atoms with Gasteiger partial charge in [-0.15, -0.1) is 0 Å². The molecule has 110 valence electrons. The van der Waals surface area contributed by atoms with Crippen LogP contribution in [0.4, 0.5) is 5.69 Å². The monoisotopic (exact) mass is 284 g/mol. The van der Waals surface area contributed by atoms with E-state index in [0.717, 1.165) is 16.8 Å². The minimum absolute atomic E-state index is 0.125. The van der Waals surface area contributed by atoms with Crippen molar-refractivity contribution in [3.05, 3.63) is 59.2 Å². The number of aryl methyl sites for hydroxylation is 1. The van der Waals surface area contributed by atoms with Crippen molar-refractivity contribution in [1.29, 1.82) is 0 Å². The van der Waals surface area contributed by atoms with Gasteiger partial charge in [-0.05, 0) is 56.3 Å². The van der Waals surface area contributed by atoms with Gasteiger partial charge in [0.15, 0.2) is 0 Å². The van der Waals surface area contributed by atoms with Crippen molar-refractivity contribution in [3.8, 4) is 5.75 Å². The third-order valence-electron chi connectivity index (χ3n) is 3.55. The molecule has 3 N–H and O–H groups in total. The first kappa shape index (κ1) is 15.1. The predicted octanol–water partition coefficient (Wildman–Crippen LogP) is 3.23. The van der Waals surface area contributed by atoms with E-state index >= 15 is 0 Å². The molecule has 4 heteroatoms. The largest absolute Gasteiger partial charge is 0.508 e. The molecule has 4 nitrogen and oxygen atoms in total. The van der Waals surface area contributed by atoms with Crippen molar-refractivity contribution in [2.45, 2.75) is 19.9 Å². The topological polar surface area (TPSA) is 61.4 Å². The predicted molar refractivity (Wildman–Crippen MR) is 84.7 cm³/mol. The minimum Gasteiger partial charge on any atom is -0.508 e. The molecule has 1 atom stereocenters. The van der Waals surface area contributed by atoms with E-state index in [1.807, 2.05) is 31.3 Å². The van der Waals surface area contributed by atoms with E-state index in [1.54, 1.807) is 19.1 Å². The Labute approximate surface area is 124 Å². The Morgan fingerprint density at radius 2 is 1.95 bits per heavy atom. The molecule has 0 saturated carbocycles. The van der Waals surface area contributed by atoms with Crippen LogP contribution in [0.15, 0.2) is 42.5 Å². The molecule has 2 rings (SSSR count). The molecule has 0 spiro atoms. The third-order valence-corrected chi connectivity index (χ3v) is 3.55. The van der Waals surface area contributed by atoms with Crippen LogP contribution in [0.5, 0.6) is 5.75 Å². The summed E-state index contributed by atoms with van der Waals surface area (Å²) in [5.41, 5.74) is 3.02. The Balaban J connectivity index is 2.17. The summed E-state index contributed by atoms with van der Waals surface area (Å²) in [7, 11) is 1.89. The average molecular weight is 284 g/mol. The number of benzene rings is 2. The van der Waals surface area contributed by atoms with Gasteiger partial charge >= 0.3 is 0 Å². The molecule has 1 unspecified atom stereocenters. The Hall–Kier alpha value is -2.33. The maximum atomic E-state index is 12.2. The van der Waals surface area contributed by atoms with Gasteiger partial charge in [-0.25, -0.2) is 0 Å². The molecule has 0 radical (unpaired) electrons. The summed E-state index contributed by atoms with van der Waals surface area (Å²) in [5, 5.41) is 15.7. The van der Waals surface area contributed by atoms with Crippen LogP contribution < -0.4 is 10.6 Å². The SMILES string of the molecule is CNC(C)c1cccc(NC(=O)c2ccc(C)c(O)c2)c1. The van der Waals surface area contributed by atoms with Gasteiger partial charge in [0.05, 0.1) is 0 Å². The Morgan fingerprint density at radius 3 is 2.62 bits per heavy atom. The van der Waals surface area contributed by atoms with E-state index in [0.29, 0.717) is 5.56 Å². The molecule has 0 aromatic heterocycles. The summed E-state index contributed by atoms with van der Waals surface area (Å²) in [6, 6.07) is 12.8. The van der Waals surface area contributed by atoms with Crippen LogP contribution in [0.3, 0.4) is 0 Å². The number of hydrogen-bond acceptors (Lipinski definition) is 3. The molecule has 1 amide bonds. The number of phenolic OH excluding ortho intramolecular Hbond substituents is 1. The summed E-state index contributed by atoms with van der Waals surface area (Å²) in [5.74, 6) is -0.111. The molecule has 21 heavy (non-hydrogen) atoms. The first-order valence-corrected chi connectivity index (χ1v) is 6.89. The van der Waals surface area contributed by atoms with Gasteiger partial charge in [0.1, 0.15) is 5.75 Å². The van der Waals surface area contributed by atoms with Gasteiger partial charge in [0.25, 0.3) is 5.91 Å². The van der Waals surface area contributed by atoms with Crippen molar-refractivity contribution in [1.82, 2.24) is 5.32 Å². The number of phenols is 1. The lowest BCUT2D eigenvalue weighted by Gasteiger charge is -2.13. The average Bonchev–Trinajstić information content (AvgIpc) is 2.49. The quantitative estimate of drug-likeness (QED) is 0.807. The smallest absolute Gasteiger partial charge is 0.255 e. The minimum atomic E-state index is -0.237. The van der Waals surface area contributed by atoms with Crippen LogP contribution in [0.1, 0.15) is 34.5 Å². The summed E-state index contributed by atoms with van der Waals surface area (Å²) in [6.45, 7) is 3.85. The number of anilines is 1. The fourth-order valence-electron chi connectivity index (χ4n) is 2.01. The number of nitrogens with one attached hydrogen (secondary N) is 2. The highest BCUT2D eigenvalue weighted by Crippen LogP contribution is 2.20. The molecule has 0 heterocycles. The van der Waals surface area contributed by atoms with E-state index in [-0.39, 0.29) is 17.7 Å². The van der Waals surface area contributed by atoms with Crippen LogP contribution in [0.25, 0.3) is 0 Å². The van der Waals surface area contributed by atoms with Gasteiger partial charge in [0.2, 0.25) is 0 Å². The van der Waals surface area contributed by atoms with E-state index in [9.17, 15) is 9.90 Å². The van der Waals surface area contributed by atoms with E-state index < -0.39 is 0 Å². The fraction of sp³-hybridized carbons (Fsp3) is 0.235. The van der Waals surface area contributed by atoms with Gasteiger partial charge < -0.3 is 15.7 Å². The van der Waals surface area contributed by atoms with Crippen molar-refractivity contribution < 1.29 is 9.90 Å². The fourth-order valence-corrected chi connectivity index (χ4v) is 2.01. The molecule has 0 aliphatic carbocycles. The number of carbonyl (C=O) groups excluding carboxylic acids is 1. The maximum Gasteiger partial charge on any atom is 0.255 e. The van der Waals surface area contributed by atoms with Crippen LogP contribution in [-0.4, -0.2) is 18.1 Å². The van der Waals surface area contributed by atoms with E-state index in [2.05, 4.69) is 17.6 Å². The Kier molecular flexibility index (Phi) is 4.60. The van der Waals surface area contributed by atoms with E-state index in [1.165, 1.54) is 6.07 Å². The van der Waals surface area contributed by atoms with Gasteiger partial charge in [-0.3, -0.25) is 4.79 Å². The number of carbonyl (C=O) groups is 1. The molecular weight excluding hydrogens is 264 g/mol. The maximum absolute atomic E-state index is 12.2. The van der Waals surface area contributed by atoms with Crippen molar-refractivity contribution in [2.24, 2.45) is 0 Å². The van der Waals surface area contributed by atoms with Crippen molar-refractivity contribution in [2.75, 3.05) is 12.4 Å². The number of aromatic hydroxyl groups is 1. The lowest BCUT2D eigenvalue weighted by molar-refractivity contribution is 0.102. The van der Waals surface area contributed by atoms with E-state index in [4.69, 9.17) is 0 Å². The van der Waals surface area contributed by atoms with Gasteiger partial charge in [-0.1, -0.05) is 18.2 Å². The summed E-state index contributed by atoms with van der Waals surface area (Å²) in [6.07, 6.45) is 0.